The second kappa shape index (κ2) is 18.9. The standard InChI is InChI=1S/C44H48ClN5O9S/c1-3-4-19-48(21-18-35(54)24-44(26-51,27-52)28-53)43(57)40-39(45)29(2)50(46-40)38-16-14-33(23-37(38)42(56)49-20-17-31-10-6-8-12-34(31)25-49)41(55)47-60(58,59)36-15-13-30-9-5-7-11-32(30)22-36/h5-16,22-23,51-53H,3-4,17-21,24-28H2,1-2H3,(H,47,55). The van der Waals surface area contributed by atoms with Gasteiger partial charge in [0.15, 0.2) is 5.69 Å². The number of carbonyl (C=O) groups is 4. The van der Waals surface area contributed by atoms with E-state index in [1.807, 2.05) is 43.3 Å². The molecule has 1 aliphatic rings. The SMILES string of the molecule is CCCCN(CCC(=O)CC(CO)(CO)CO)C(=O)c1nn(-c2ccc(C(=O)NS(=O)(=O)c3ccc4ccccc4c3)cc2C(=O)N2CCc3ccccc3C2)c(C)c1Cl. The Kier molecular flexibility index (Phi) is 13.9. The number of Topliss-reactive ketones (excluding diaryl/α,β-unsaturated/α-hetero) is 1. The molecule has 0 unspecified atom stereocenters. The lowest BCUT2D eigenvalue weighted by Crippen LogP contribution is -2.38. The van der Waals surface area contributed by atoms with Crippen LogP contribution in [0.25, 0.3) is 16.5 Å². The fraction of sp³-hybridized carbons (Fsp3) is 0.341. The number of sulfonamides is 1. The van der Waals surface area contributed by atoms with E-state index in [-0.39, 0.29) is 70.7 Å². The number of rotatable bonds is 17. The molecule has 1 aromatic heterocycles. The summed E-state index contributed by atoms with van der Waals surface area (Å²) in [6, 6.07) is 23.6. The van der Waals surface area contributed by atoms with Crippen LogP contribution in [0.15, 0.2) is 89.8 Å². The van der Waals surface area contributed by atoms with E-state index in [1.54, 1.807) is 30.0 Å². The molecule has 0 aliphatic carbocycles. The van der Waals surface area contributed by atoms with Crippen LogP contribution in [-0.2, 0) is 27.8 Å². The zero-order valence-corrected chi connectivity index (χ0v) is 35.0. The normalized spacial score (nSPS) is 12.9. The summed E-state index contributed by atoms with van der Waals surface area (Å²) in [5.41, 5.74) is 0.939. The van der Waals surface area contributed by atoms with Crippen LogP contribution < -0.4 is 4.72 Å². The molecular formula is C44H48ClN5O9S. The number of ketones is 1. The molecule has 6 rings (SSSR count). The molecule has 316 valence electrons. The van der Waals surface area contributed by atoms with E-state index in [2.05, 4.69) is 9.82 Å². The van der Waals surface area contributed by atoms with Crippen LogP contribution in [-0.4, -0.2) is 106 Å². The van der Waals surface area contributed by atoms with Gasteiger partial charge in [-0.1, -0.05) is 79.5 Å². The van der Waals surface area contributed by atoms with E-state index in [0.29, 0.717) is 30.5 Å². The lowest BCUT2D eigenvalue weighted by molar-refractivity contribution is -0.124. The van der Waals surface area contributed by atoms with Gasteiger partial charge >= 0.3 is 0 Å². The highest BCUT2D eigenvalue weighted by atomic mass is 35.5. The first-order valence-electron chi connectivity index (χ1n) is 19.7. The lowest BCUT2D eigenvalue weighted by Gasteiger charge is -2.29. The molecule has 0 fully saturated rings. The zero-order valence-electron chi connectivity index (χ0n) is 33.4. The minimum atomic E-state index is -4.33. The molecule has 0 radical (unpaired) electrons. The van der Waals surface area contributed by atoms with Crippen LogP contribution in [0.3, 0.4) is 0 Å². The van der Waals surface area contributed by atoms with Gasteiger partial charge in [-0.05, 0) is 72.0 Å². The van der Waals surface area contributed by atoms with E-state index >= 15 is 0 Å². The third kappa shape index (κ3) is 9.45. The summed E-state index contributed by atoms with van der Waals surface area (Å²) in [6.45, 7) is 2.67. The Bertz CT molecular complexity index is 2530. The Labute approximate surface area is 353 Å². The van der Waals surface area contributed by atoms with Crippen molar-refractivity contribution in [3.63, 3.8) is 0 Å². The van der Waals surface area contributed by atoms with Crippen molar-refractivity contribution in [2.45, 2.75) is 57.4 Å². The maximum Gasteiger partial charge on any atom is 0.275 e. The number of halogens is 1. The molecule has 2 heterocycles. The van der Waals surface area contributed by atoms with Crippen molar-refractivity contribution in [2.75, 3.05) is 39.5 Å². The predicted octanol–water partition coefficient (Wildman–Crippen LogP) is 4.86. The smallest absolute Gasteiger partial charge is 0.275 e. The van der Waals surface area contributed by atoms with Gasteiger partial charge in [-0.3, -0.25) is 19.2 Å². The minimum Gasteiger partial charge on any atom is -0.396 e. The van der Waals surface area contributed by atoms with Crippen molar-refractivity contribution < 1.29 is 42.9 Å². The largest absolute Gasteiger partial charge is 0.396 e. The molecule has 0 spiro atoms. The molecule has 3 amide bonds. The van der Waals surface area contributed by atoms with Crippen molar-refractivity contribution in [1.82, 2.24) is 24.3 Å². The molecule has 4 N–H and O–H groups in total. The Balaban J connectivity index is 1.33. The Morgan fingerprint density at radius 1 is 0.883 bits per heavy atom. The number of unbranched alkanes of at least 4 members (excludes halogenated alkanes) is 1. The van der Waals surface area contributed by atoms with Crippen LogP contribution in [0.2, 0.25) is 5.02 Å². The fourth-order valence-electron chi connectivity index (χ4n) is 7.20. The molecule has 0 atom stereocenters. The highest BCUT2D eigenvalue weighted by Gasteiger charge is 2.33. The first-order chi connectivity index (χ1) is 28.7. The van der Waals surface area contributed by atoms with Gasteiger partial charge in [-0.2, -0.15) is 5.10 Å². The number of benzene rings is 4. The van der Waals surface area contributed by atoms with E-state index < -0.39 is 53.0 Å². The third-order valence-electron chi connectivity index (χ3n) is 10.9. The number of hydrogen-bond donors (Lipinski definition) is 4. The predicted molar refractivity (Wildman–Crippen MR) is 226 cm³/mol. The maximum absolute atomic E-state index is 14.5. The van der Waals surface area contributed by atoms with E-state index in [0.717, 1.165) is 22.9 Å². The number of aliphatic hydroxyl groups excluding tert-OH is 3. The zero-order chi connectivity index (χ0) is 43.2. The van der Waals surface area contributed by atoms with E-state index in [9.17, 15) is 42.9 Å². The van der Waals surface area contributed by atoms with Crippen LogP contribution in [0.5, 0.6) is 0 Å². The quantitative estimate of drug-likeness (QED) is 0.100. The third-order valence-corrected chi connectivity index (χ3v) is 12.7. The number of nitrogens with one attached hydrogen (secondary N) is 1. The van der Waals surface area contributed by atoms with Gasteiger partial charge < -0.3 is 25.1 Å². The van der Waals surface area contributed by atoms with Crippen molar-refractivity contribution in [3.05, 3.63) is 124 Å². The highest BCUT2D eigenvalue weighted by Crippen LogP contribution is 2.30. The number of aromatic nitrogens is 2. The second-order valence-corrected chi connectivity index (χ2v) is 17.2. The highest BCUT2D eigenvalue weighted by molar-refractivity contribution is 7.90. The Morgan fingerprint density at radius 3 is 2.27 bits per heavy atom. The van der Waals surface area contributed by atoms with E-state index in [1.165, 1.54) is 39.9 Å². The van der Waals surface area contributed by atoms with Crippen LogP contribution >= 0.6 is 11.6 Å². The van der Waals surface area contributed by atoms with Crippen LogP contribution in [0.1, 0.15) is 80.6 Å². The fourth-order valence-corrected chi connectivity index (χ4v) is 8.41. The number of amides is 3. The number of hydrogen-bond acceptors (Lipinski definition) is 10. The van der Waals surface area contributed by atoms with Crippen molar-refractivity contribution in [2.24, 2.45) is 5.41 Å². The molecule has 1 aliphatic heterocycles. The molecule has 0 saturated heterocycles. The average Bonchev–Trinajstić information content (AvgIpc) is 3.56. The van der Waals surface area contributed by atoms with Gasteiger partial charge in [0.25, 0.3) is 27.7 Å². The minimum absolute atomic E-state index is 0.00119. The molecule has 0 saturated carbocycles. The summed E-state index contributed by atoms with van der Waals surface area (Å²) in [6.07, 6.45) is 1.51. The summed E-state index contributed by atoms with van der Waals surface area (Å²) in [7, 11) is -4.33. The van der Waals surface area contributed by atoms with Gasteiger partial charge in [-0.15, -0.1) is 0 Å². The molecule has 4 aromatic carbocycles. The number of fused-ring (bicyclic) bond motifs is 2. The van der Waals surface area contributed by atoms with Crippen molar-refractivity contribution in [3.8, 4) is 5.69 Å². The van der Waals surface area contributed by atoms with Crippen LogP contribution in [0.4, 0.5) is 0 Å². The maximum atomic E-state index is 14.5. The molecule has 5 aromatic rings. The number of carbonyl (C=O) groups excluding carboxylic acids is 4. The van der Waals surface area contributed by atoms with Crippen molar-refractivity contribution in [1.29, 1.82) is 0 Å². The Hall–Kier alpha value is -5.45. The topological polar surface area (TPSA) is 199 Å². The van der Waals surface area contributed by atoms with Crippen molar-refractivity contribution >= 4 is 55.9 Å². The first kappa shape index (κ1) is 44.1. The second-order valence-electron chi connectivity index (χ2n) is 15.2. The monoisotopic (exact) mass is 857 g/mol. The summed E-state index contributed by atoms with van der Waals surface area (Å²) < 4.78 is 30.4. The summed E-state index contributed by atoms with van der Waals surface area (Å²) in [5.74, 6) is -2.37. The van der Waals surface area contributed by atoms with Crippen LogP contribution in [0, 0.1) is 12.3 Å². The molecule has 0 bridgehead atoms. The summed E-state index contributed by atoms with van der Waals surface area (Å²) in [5, 5.41) is 35.2. The van der Waals surface area contributed by atoms with Gasteiger partial charge in [0.2, 0.25) is 0 Å². The summed E-state index contributed by atoms with van der Waals surface area (Å²) >= 11 is 6.82. The number of nitrogens with zero attached hydrogens (tertiary/aromatic N) is 4. The average molecular weight is 858 g/mol. The van der Waals surface area contributed by atoms with E-state index in [4.69, 9.17) is 11.6 Å². The number of aliphatic hydroxyl groups is 3. The molecule has 60 heavy (non-hydrogen) atoms. The van der Waals surface area contributed by atoms with Gasteiger partial charge in [0, 0.05) is 50.0 Å². The van der Waals surface area contributed by atoms with Gasteiger partial charge in [0.05, 0.1) is 46.7 Å². The Morgan fingerprint density at radius 2 is 1.57 bits per heavy atom. The summed E-state index contributed by atoms with van der Waals surface area (Å²) in [4.78, 5) is 58.3. The first-order valence-corrected chi connectivity index (χ1v) is 21.6. The van der Waals surface area contributed by atoms with Gasteiger partial charge in [-0.25, -0.2) is 17.8 Å². The molecule has 16 heteroatoms. The molecular weight excluding hydrogens is 810 g/mol. The molecule has 14 nitrogen and oxygen atoms in total. The lowest BCUT2D eigenvalue weighted by atomic mass is 9.84. The van der Waals surface area contributed by atoms with Gasteiger partial charge in [0.1, 0.15) is 5.78 Å².